The highest BCUT2D eigenvalue weighted by Crippen LogP contribution is 2.42. The second-order valence-electron chi connectivity index (χ2n) is 14.0. The van der Waals surface area contributed by atoms with Crippen LogP contribution in [0.5, 0.6) is 0 Å². The van der Waals surface area contributed by atoms with Crippen molar-refractivity contribution in [3.63, 3.8) is 0 Å². The molecule has 5 nitrogen and oxygen atoms in total. The SMILES string of the molecule is c1ccc(-c2cc(-c3cccc(-c4nc(-c5ccccc5)nc(-c5ccccc5)n4)c3)cc(-n3c4ccccc4c4ccc5c6ccccc6oc5c43)c2)cc1. The zero-order valence-electron chi connectivity index (χ0n) is 30.2. The summed E-state index contributed by atoms with van der Waals surface area (Å²) in [5.74, 6) is 1.89. The Balaban J connectivity index is 1.14. The fraction of sp³-hybridized carbons (Fsp3) is 0. The second-order valence-corrected chi connectivity index (χ2v) is 14.0. The quantitative estimate of drug-likeness (QED) is 0.172. The van der Waals surface area contributed by atoms with E-state index in [-0.39, 0.29) is 0 Å². The molecular formula is C51H32N4O. The molecule has 11 aromatic rings. The molecule has 11 rings (SSSR count). The fourth-order valence-corrected chi connectivity index (χ4v) is 7.98. The van der Waals surface area contributed by atoms with Crippen LogP contribution >= 0.6 is 0 Å². The first-order chi connectivity index (χ1) is 27.7. The lowest BCUT2D eigenvalue weighted by molar-refractivity contribution is 0.671. The van der Waals surface area contributed by atoms with E-state index in [2.05, 4.69) is 126 Å². The van der Waals surface area contributed by atoms with Crippen molar-refractivity contribution in [2.45, 2.75) is 0 Å². The Labute approximate surface area is 322 Å². The van der Waals surface area contributed by atoms with Crippen LogP contribution in [0.2, 0.25) is 0 Å². The van der Waals surface area contributed by atoms with Crippen molar-refractivity contribution >= 4 is 43.7 Å². The van der Waals surface area contributed by atoms with Gasteiger partial charge in [0.2, 0.25) is 0 Å². The lowest BCUT2D eigenvalue weighted by Gasteiger charge is -2.15. The van der Waals surface area contributed by atoms with Crippen molar-refractivity contribution in [1.82, 2.24) is 19.5 Å². The zero-order valence-corrected chi connectivity index (χ0v) is 30.2. The Morgan fingerprint density at radius 3 is 1.54 bits per heavy atom. The first-order valence-electron chi connectivity index (χ1n) is 18.8. The van der Waals surface area contributed by atoms with Crippen LogP contribution in [0.15, 0.2) is 199 Å². The van der Waals surface area contributed by atoms with Gasteiger partial charge in [0.05, 0.1) is 11.0 Å². The zero-order chi connectivity index (χ0) is 37.0. The number of hydrogen-bond acceptors (Lipinski definition) is 4. The molecule has 0 N–H and O–H groups in total. The fourth-order valence-electron chi connectivity index (χ4n) is 7.98. The third-order valence-electron chi connectivity index (χ3n) is 10.6. The van der Waals surface area contributed by atoms with Gasteiger partial charge in [-0.15, -0.1) is 0 Å². The van der Waals surface area contributed by atoms with Gasteiger partial charge in [0.25, 0.3) is 0 Å². The molecule has 0 spiro atoms. The van der Waals surface area contributed by atoms with Gasteiger partial charge in [0.1, 0.15) is 5.58 Å². The molecule has 0 unspecified atom stereocenters. The molecule has 0 fully saturated rings. The van der Waals surface area contributed by atoms with Gasteiger partial charge < -0.3 is 8.98 Å². The number of benzene rings is 8. The molecule has 0 aliphatic carbocycles. The molecule has 56 heavy (non-hydrogen) atoms. The summed E-state index contributed by atoms with van der Waals surface area (Å²) >= 11 is 0. The second kappa shape index (κ2) is 13.0. The van der Waals surface area contributed by atoms with E-state index in [1.807, 2.05) is 72.8 Å². The molecule has 0 amide bonds. The predicted octanol–water partition coefficient (Wildman–Crippen LogP) is 13.2. The number of para-hydroxylation sites is 2. The van der Waals surface area contributed by atoms with E-state index >= 15 is 0 Å². The van der Waals surface area contributed by atoms with Gasteiger partial charge in [-0.2, -0.15) is 0 Å². The topological polar surface area (TPSA) is 56.7 Å². The van der Waals surface area contributed by atoms with Gasteiger partial charge in [-0.3, -0.25) is 0 Å². The van der Waals surface area contributed by atoms with E-state index in [1.165, 1.54) is 5.39 Å². The highest BCUT2D eigenvalue weighted by Gasteiger charge is 2.20. The summed E-state index contributed by atoms with van der Waals surface area (Å²) < 4.78 is 9.07. The lowest BCUT2D eigenvalue weighted by Crippen LogP contribution is -2.00. The monoisotopic (exact) mass is 716 g/mol. The molecule has 0 bridgehead atoms. The summed E-state index contributed by atoms with van der Waals surface area (Å²) in [5, 5.41) is 4.54. The van der Waals surface area contributed by atoms with Gasteiger partial charge in [-0.25, -0.2) is 15.0 Å². The molecule has 5 heteroatoms. The minimum Gasteiger partial charge on any atom is -0.454 e. The van der Waals surface area contributed by atoms with Crippen molar-refractivity contribution in [2.75, 3.05) is 0 Å². The van der Waals surface area contributed by atoms with Crippen LogP contribution in [0.3, 0.4) is 0 Å². The molecule has 0 atom stereocenters. The number of nitrogens with zero attached hydrogens (tertiary/aromatic N) is 4. The van der Waals surface area contributed by atoms with E-state index in [0.717, 1.165) is 83.0 Å². The Hall–Kier alpha value is -7.63. The van der Waals surface area contributed by atoms with Crippen molar-refractivity contribution in [1.29, 1.82) is 0 Å². The number of fused-ring (bicyclic) bond motifs is 7. The smallest absolute Gasteiger partial charge is 0.164 e. The molecular weight excluding hydrogens is 685 g/mol. The minimum atomic E-state index is 0.619. The summed E-state index contributed by atoms with van der Waals surface area (Å²) in [6.45, 7) is 0. The molecule has 0 aliphatic rings. The standard InChI is InChI=1S/C51H32N4O/c1-4-15-33(16-5-1)38-30-39(36-21-14-22-37(29-36)51-53-49(34-17-6-2-7-18-34)52-50(54-51)35-19-8-3-9-20-35)32-40(31-38)55-45-25-12-10-23-41(45)43-27-28-44-42-24-11-13-26-46(42)56-48(44)47(43)55/h1-32H. The van der Waals surface area contributed by atoms with Crippen LogP contribution in [-0.4, -0.2) is 19.5 Å². The highest BCUT2D eigenvalue weighted by atomic mass is 16.3. The lowest BCUT2D eigenvalue weighted by atomic mass is 9.96. The number of hydrogen-bond donors (Lipinski definition) is 0. The number of furan rings is 1. The third kappa shape index (κ3) is 5.37. The Morgan fingerprint density at radius 1 is 0.339 bits per heavy atom. The van der Waals surface area contributed by atoms with Crippen molar-refractivity contribution < 1.29 is 4.42 Å². The van der Waals surface area contributed by atoms with Crippen LogP contribution in [0.4, 0.5) is 0 Å². The van der Waals surface area contributed by atoms with E-state index in [0.29, 0.717) is 17.5 Å². The van der Waals surface area contributed by atoms with Crippen LogP contribution < -0.4 is 0 Å². The van der Waals surface area contributed by atoms with Crippen molar-refractivity contribution in [3.05, 3.63) is 194 Å². The maximum Gasteiger partial charge on any atom is 0.164 e. The van der Waals surface area contributed by atoms with Gasteiger partial charge in [-0.05, 0) is 64.7 Å². The first-order valence-corrected chi connectivity index (χ1v) is 18.8. The molecule has 8 aromatic carbocycles. The van der Waals surface area contributed by atoms with Crippen LogP contribution in [0.1, 0.15) is 0 Å². The molecule has 3 aromatic heterocycles. The number of rotatable bonds is 6. The van der Waals surface area contributed by atoms with Crippen molar-refractivity contribution in [2.24, 2.45) is 0 Å². The molecule has 0 aliphatic heterocycles. The van der Waals surface area contributed by atoms with Gasteiger partial charge >= 0.3 is 0 Å². The van der Waals surface area contributed by atoms with E-state index in [9.17, 15) is 0 Å². The first kappa shape index (κ1) is 31.9. The van der Waals surface area contributed by atoms with E-state index in [1.54, 1.807) is 0 Å². The highest BCUT2D eigenvalue weighted by molar-refractivity contribution is 6.21. The van der Waals surface area contributed by atoms with Crippen LogP contribution in [0.25, 0.3) is 106 Å². The Morgan fingerprint density at radius 2 is 0.839 bits per heavy atom. The normalized spacial score (nSPS) is 11.6. The summed E-state index contributed by atoms with van der Waals surface area (Å²) in [6, 6.07) is 67.5. The summed E-state index contributed by atoms with van der Waals surface area (Å²) in [4.78, 5) is 15.0. The minimum absolute atomic E-state index is 0.619. The van der Waals surface area contributed by atoms with E-state index < -0.39 is 0 Å². The van der Waals surface area contributed by atoms with Crippen molar-refractivity contribution in [3.8, 4) is 62.1 Å². The molecule has 262 valence electrons. The Kier molecular flexibility index (Phi) is 7.42. The summed E-state index contributed by atoms with van der Waals surface area (Å²) in [6.07, 6.45) is 0. The molecule has 0 saturated heterocycles. The van der Waals surface area contributed by atoms with E-state index in [4.69, 9.17) is 19.4 Å². The molecule has 0 radical (unpaired) electrons. The third-order valence-corrected chi connectivity index (χ3v) is 10.6. The maximum absolute atomic E-state index is 6.70. The molecule has 3 heterocycles. The number of aromatic nitrogens is 4. The maximum atomic E-state index is 6.70. The van der Waals surface area contributed by atoms with Crippen LogP contribution in [-0.2, 0) is 0 Å². The van der Waals surface area contributed by atoms with Gasteiger partial charge in [0, 0.05) is 43.9 Å². The van der Waals surface area contributed by atoms with Gasteiger partial charge in [0.15, 0.2) is 23.1 Å². The molecule has 0 saturated carbocycles. The average molecular weight is 717 g/mol. The summed E-state index contributed by atoms with van der Waals surface area (Å²) in [7, 11) is 0. The Bertz CT molecular complexity index is 3180. The average Bonchev–Trinajstić information content (AvgIpc) is 3.83. The predicted molar refractivity (Wildman–Crippen MR) is 229 cm³/mol. The largest absolute Gasteiger partial charge is 0.454 e. The van der Waals surface area contributed by atoms with Gasteiger partial charge in [-0.1, -0.05) is 152 Å². The summed E-state index contributed by atoms with van der Waals surface area (Å²) in [5.41, 5.74) is 12.1. The van der Waals surface area contributed by atoms with Crippen LogP contribution in [0, 0.1) is 0 Å².